The van der Waals surface area contributed by atoms with Gasteiger partial charge < -0.3 is 15.4 Å². The second kappa shape index (κ2) is 4.42. The molecular formula is C12H15N3O. The van der Waals surface area contributed by atoms with Gasteiger partial charge in [-0.1, -0.05) is 0 Å². The summed E-state index contributed by atoms with van der Waals surface area (Å²) in [5.74, 6) is 0. The molecule has 1 aromatic rings. The lowest BCUT2D eigenvalue weighted by Gasteiger charge is -2.31. The molecule has 1 atom stereocenters. The Hall–Kier alpha value is -1.73. The number of rotatable bonds is 1. The highest BCUT2D eigenvalue weighted by atomic mass is 16.5. The molecule has 0 radical (unpaired) electrons. The number of hydrogen-bond donors (Lipinski definition) is 1. The molecule has 2 N–H and O–H groups in total. The molecule has 0 aromatic heterocycles. The van der Waals surface area contributed by atoms with Crippen LogP contribution in [0.25, 0.3) is 0 Å². The van der Waals surface area contributed by atoms with E-state index in [9.17, 15) is 0 Å². The van der Waals surface area contributed by atoms with Crippen LogP contribution in [-0.2, 0) is 4.74 Å². The first kappa shape index (κ1) is 10.8. The third kappa shape index (κ3) is 2.26. The van der Waals surface area contributed by atoms with Gasteiger partial charge in [0, 0.05) is 17.9 Å². The minimum Gasteiger partial charge on any atom is -0.399 e. The molecule has 1 fully saturated rings. The van der Waals surface area contributed by atoms with E-state index < -0.39 is 0 Å². The van der Waals surface area contributed by atoms with E-state index in [0.29, 0.717) is 13.2 Å². The predicted molar refractivity (Wildman–Crippen MR) is 63.2 cm³/mol. The monoisotopic (exact) mass is 217 g/mol. The Morgan fingerprint density at radius 3 is 3.00 bits per heavy atom. The molecular weight excluding hydrogens is 202 g/mol. The van der Waals surface area contributed by atoms with E-state index in [0.717, 1.165) is 23.5 Å². The average molecular weight is 217 g/mol. The van der Waals surface area contributed by atoms with Gasteiger partial charge in [-0.25, -0.2) is 0 Å². The summed E-state index contributed by atoms with van der Waals surface area (Å²) in [5.41, 5.74) is 8.77. The highest BCUT2D eigenvalue weighted by molar-refractivity contribution is 5.58. The number of morpholine rings is 1. The summed E-state index contributed by atoms with van der Waals surface area (Å²) >= 11 is 0. The second-order valence-corrected chi connectivity index (χ2v) is 4.04. The first-order chi connectivity index (χ1) is 7.69. The van der Waals surface area contributed by atoms with E-state index in [1.807, 2.05) is 19.1 Å². The van der Waals surface area contributed by atoms with E-state index in [-0.39, 0.29) is 6.10 Å². The minimum absolute atomic E-state index is 0.338. The van der Waals surface area contributed by atoms with Crippen LogP contribution in [0.15, 0.2) is 18.2 Å². The molecule has 0 spiro atoms. The van der Waals surface area contributed by atoms with Crippen LogP contribution in [0, 0.1) is 18.3 Å². The van der Waals surface area contributed by atoms with Crippen LogP contribution in [0.4, 0.5) is 11.4 Å². The molecule has 1 heterocycles. The molecule has 0 aliphatic carbocycles. The fourth-order valence-corrected chi connectivity index (χ4v) is 1.94. The SMILES string of the molecule is Cc1cc(N)cc(N2CCOC(C#N)C2)c1. The highest BCUT2D eigenvalue weighted by Gasteiger charge is 2.20. The van der Waals surface area contributed by atoms with E-state index in [2.05, 4.69) is 17.0 Å². The van der Waals surface area contributed by atoms with E-state index >= 15 is 0 Å². The van der Waals surface area contributed by atoms with Crippen molar-refractivity contribution in [2.45, 2.75) is 13.0 Å². The maximum Gasteiger partial charge on any atom is 0.161 e. The number of hydrogen-bond acceptors (Lipinski definition) is 4. The molecule has 4 nitrogen and oxygen atoms in total. The number of nitrogens with two attached hydrogens (primary N) is 1. The van der Waals surface area contributed by atoms with Crippen LogP contribution < -0.4 is 10.6 Å². The normalized spacial score (nSPS) is 20.5. The molecule has 1 unspecified atom stereocenters. The van der Waals surface area contributed by atoms with Crippen molar-refractivity contribution in [2.24, 2.45) is 0 Å². The van der Waals surface area contributed by atoms with Crippen molar-refractivity contribution in [2.75, 3.05) is 30.3 Å². The third-order valence-corrected chi connectivity index (χ3v) is 2.66. The summed E-state index contributed by atoms with van der Waals surface area (Å²) in [6, 6.07) is 8.09. The molecule has 84 valence electrons. The Morgan fingerprint density at radius 2 is 2.31 bits per heavy atom. The second-order valence-electron chi connectivity index (χ2n) is 4.04. The van der Waals surface area contributed by atoms with Gasteiger partial charge >= 0.3 is 0 Å². The molecule has 1 saturated heterocycles. The van der Waals surface area contributed by atoms with Gasteiger partial charge in [-0.05, 0) is 30.7 Å². The van der Waals surface area contributed by atoms with Crippen LogP contribution >= 0.6 is 0 Å². The number of anilines is 2. The van der Waals surface area contributed by atoms with Crippen molar-refractivity contribution < 1.29 is 4.74 Å². The standard InChI is InChI=1S/C12H15N3O/c1-9-4-10(14)6-11(5-9)15-2-3-16-12(7-13)8-15/h4-6,12H,2-3,8,14H2,1H3. The number of aryl methyl sites for hydroxylation is 1. The zero-order valence-electron chi connectivity index (χ0n) is 9.31. The third-order valence-electron chi connectivity index (χ3n) is 2.66. The zero-order chi connectivity index (χ0) is 11.5. The lowest BCUT2D eigenvalue weighted by molar-refractivity contribution is 0.0764. The Bertz CT molecular complexity index is 405. The van der Waals surface area contributed by atoms with Gasteiger partial charge in [0.2, 0.25) is 0 Å². The summed E-state index contributed by atoms with van der Waals surface area (Å²) in [5, 5.41) is 8.84. The van der Waals surface area contributed by atoms with Gasteiger partial charge in [-0.2, -0.15) is 5.26 Å². The summed E-state index contributed by atoms with van der Waals surface area (Å²) in [6.45, 7) is 4.02. The van der Waals surface area contributed by atoms with Crippen LogP contribution in [-0.4, -0.2) is 25.8 Å². The van der Waals surface area contributed by atoms with Crippen molar-refractivity contribution in [3.63, 3.8) is 0 Å². The van der Waals surface area contributed by atoms with Crippen LogP contribution in [0.5, 0.6) is 0 Å². The molecule has 1 aliphatic rings. The lowest BCUT2D eigenvalue weighted by atomic mass is 10.1. The fraction of sp³-hybridized carbons (Fsp3) is 0.417. The quantitative estimate of drug-likeness (QED) is 0.720. The molecule has 1 aromatic carbocycles. The summed E-state index contributed by atoms with van der Waals surface area (Å²) in [6.07, 6.45) is -0.338. The van der Waals surface area contributed by atoms with Crippen molar-refractivity contribution in [1.29, 1.82) is 5.26 Å². The minimum atomic E-state index is -0.338. The Labute approximate surface area is 95.2 Å². The van der Waals surface area contributed by atoms with Crippen LogP contribution in [0.2, 0.25) is 0 Å². The van der Waals surface area contributed by atoms with Crippen LogP contribution in [0.3, 0.4) is 0 Å². The van der Waals surface area contributed by atoms with Crippen LogP contribution in [0.1, 0.15) is 5.56 Å². The molecule has 2 rings (SSSR count). The predicted octanol–water partition coefficient (Wildman–Crippen LogP) is 1.31. The average Bonchev–Trinajstić information content (AvgIpc) is 2.28. The molecule has 0 bridgehead atoms. The Morgan fingerprint density at radius 1 is 1.50 bits per heavy atom. The molecule has 4 heteroatoms. The molecule has 16 heavy (non-hydrogen) atoms. The van der Waals surface area contributed by atoms with Crippen molar-refractivity contribution in [1.82, 2.24) is 0 Å². The highest BCUT2D eigenvalue weighted by Crippen LogP contribution is 2.22. The van der Waals surface area contributed by atoms with Crippen molar-refractivity contribution in [3.8, 4) is 6.07 Å². The number of benzene rings is 1. The number of nitrogen functional groups attached to an aromatic ring is 1. The van der Waals surface area contributed by atoms with E-state index in [1.54, 1.807) is 0 Å². The smallest absolute Gasteiger partial charge is 0.161 e. The van der Waals surface area contributed by atoms with E-state index in [1.165, 1.54) is 0 Å². The number of nitrogens with zero attached hydrogens (tertiary/aromatic N) is 2. The molecule has 1 aliphatic heterocycles. The number of ether oxygens (including phenoxy) is 1. The maximum atomic E-state index is 8.84. The first-order valence-corrected chi connectivity index (χ1v) is 5.32. The summed E-state index contributed by atoms with van der Waals surface area (Å²) < 4.78 is 5.31. The van der Waals surface area contributed by atoms with Crippen molar-refractivity contribution in [3.05, 3.63) is 23.8 Å². The zero-order valence-corrected chi connectivity index (χ0v) is 9.31. The first-order valence-electron chi connectivity index (χ1n) is 5.32. The van der Waals surface area contributed by atoms with Gasteiger partial charge in [0.25, 0.3) is 0 Å². The van der Waals surface area contributed by atoms with Gasteiger partial charge in [0.15, 0.2) is 6.10 Å². The fourth-order valence-electron chi connectivity index (χ4n) is 1.94. The Balaban J connectivity index is 2.20. The maximum absolute atomic E-state index is 8.84. The van der Waals surface area contributed by atoms with Gasteiger partial charge in [0.05, 0.1) is 19.2 Å². The Kier molecular flexibility index (Phi) is 2.97. The largest absolute Gasteiger partial charge is 0.399 e. The topological polar surface area (TPSA) is 62.3 Å². The van der Waals surface area contributed by atoms with E-state index in [4.69, 9.17) is 15.7 Å². The van der Waals surface area contributed by atoms with Gasteiger partial charge in [-0.3, -0.25) is 0 Å². The summed E-state index contributed by atoms with van der Waals surface area (Å²) in [4.78, 5) is 2.14. The van der Waals surface area contributed by atoms with Gasteiger partial charge in [0.1, 0.15) is 0 Å². The van der Waals surface area contributed by atoms with Crippen molar-refractivity contribution >= 4 is 11.4 Å². The number of nitriles is 1. The molecule has 0 amide bonds. The lowest BCUT2D eigenvalue weighted by Crippen LogP contribution is -2.41. The van der Waals surface area contributed by atoms with Gasteiger partial charge in [-0.15, -0.1) is 0 Å². The summed E-state index contributed by atoms with van der Waals surface area (Å²) in [7, 11) is 0. The molecule has 0 saturated carbocycles.